The predicted molar refractivity (Wildman–Crippen MR) is 90.8 cm³/mol. The normalized spacial score (nSPS) is 10.6. The number of carbonyl (C=O) groups is 1. The van der Waals surface area contributed by atoms with Crippen molar-refractivity contribution in [3.05, 3.63) is 64.7 Å². The van der Waals surface area contributed by atoms with Gasteiger partial charge < -0.3 is 9.84 Å². The molecule has 0 saturated heterocycles. The molecule has 0 aliphatic heterocycles. The van der Waals surface area contributed by atoms with E-state index in [1.54, 1.807) is 18.2 Å². The molecule has 7 heteroatoms. The second-order valence-electron chi connectivity index (χ2n) is 5.05. The van der Waals surface area contributed by atoms with E-state index < -0.39 is 0 Å². The molecule has 0 bridgehead atoms. The van der Waals surface area contributed by atoms with Crippen molar-refractivity contribution in [1.82, 2.24) is 10.1 Å². The number of hydrogen-bond acceptors (Lipinski definition) is 4. The van der Waals surface area contributed by atoms with Crippen molar-refractivity contribution in [3.8, 4) is 11.4 Å². The van der Waals surface area contributed by atoms with Gasteiger partial charge in [-0.2, -0.15) is 4.98 Å². The van der Waals surface area contributed by atoms with Gasteiger partial charge in [-0.3, -0.25) is 4.79 Å². The average Bonchev–Trinajstić information content (AvgIpc) is 3.04. The number of benzene rings is 2. The van der Waals surface area contributed by atoms with E-state index in [-0.39, 0.29) is 18.1 Å². The highest BCUT2D eigenvalue weighted by molar-refractivity contribution is 9.10. The van der Waals surface area contributed by atoms with E-state index in [2.05, 4.69) is 31.4 Å². The minimum Gasteiger partial charge on any atom is -0.339 e. The number of para-hydroxylation sites is 1. The van der Waals surface area contributed by atoms with Crippen LogP contribution in [0.25, 0.3) is 11.4 Å². The van der Waals surface area contributed by atoms with Gasteiger partial charge in [0.1, 0.15) is 5.82 Å². The predicted octanol–water partition coefficient (Wildman–Crippen LogP) is 4.21. The van der Waals surface area contributed by atoms with E-state index in [9.17, 15) is 9.18 Å². The van der Waals surface area contributed by atoms with Crippen molar-refractivity contribution < 1.29 is 13.7 Å². The molecule has 122 valence electrons. The summed E-state index contributed by atoms with van der Waals surface area (Å²) in [6.07, 6.45) is 0.505. The Hall–Kier alpha value is -2.54. The fraction of sp³-hybridized carbons (Fsp3) is 0.118. The van der Waals surface area contributed by atoms with Crippen LogP contribution in [0.2, 0.25) is 0 Å². The average molecular weight is 390 g/mol. The molecule has 0 atom stereocenters. The summed E-state index contributed by atoms with van der Waals surface area (Å²) in [5.41, 5.74) is 1.23. The smallest absolute Gasteiger partial charge is 0.227 e. The van der Waals surface area contributed by atoms with E-state index in [0.717, 1.165) is 4.47 Å². The minimum absolute atomic E-state index is 0.160. The fourth-order valence-corrected chi connectivity index (χ4v) is 2.48. The lowest BCUT2D eigenvalue weighted by molar-refractivity contribution is -0.116. The summed E-state index contributed by atoms with van der Waals surface area (Å²) in [5, 5.41) is 6.61. The Bertz CT molecular complexity index is 866. The molecule has 1 N–H and O–H groups in total. The molecule has 0 unspecified atom stereocenters. The molecule has 0 aliphatic carbocycles. The van der Waals surface area contributed by atoms with Crippen LogP contribution in [0.15, 0.2) is 57.5 Å². The van der Waals surface area contributed by atoms with Crippen molar-refractivity contribution in [1.29, 1.82) is 0 Å². The number of aromatic nitrogens is 2. The quantitative estimate of drug-likeness (QED) is 0.709. The van der Waals surface area contributed by atoms with Gasteiger partial charge >= 0.3 is 0 Å². The Kier molecular flexibility index (Phi) is 5.00. The Morgan fingerprint density at radius 2 is 2.04 bits per heavy atom. The first-order valence-electron chi connectivity index (χ1n) is 7.25. The summed E-state index contributed by atoms with van der Waals surface area (Å²) in [5.74, 6) is 0.103. The van der Waals surface area contributed by atoms with Gasteiger partial charge in [-0.25, -0.2) is 4.39 Å². The van der Waals surface area contributed by atoms with Crippen LogP contribution >= 0.6 is 15.9 Å². The van der Waals surface area contributed by atoms with Gasteiger partial charge in [0.05, 0.1) is 5.69 Å². The molecule has 0 spiro atoms. The summed E-state index contributed by atoms with van der Waals surface area (Å²) in [6.45, 7) is 0. The van der Waals surface area contributed by atoms with Gasteiger partial charge in [0.2, 0.25) is 17.6 Å². The number of amides is 1. The fourth-order valence-electron chi connectivity index (χ4n) is 2.10. The van der Waals surface area contributed by atoms with Gasteiger partial charge in [-0.15, -0.1) is 0 Å². The lowest BCUT2D eigenvalue weighted by Crippen LogP contribution is -2.12. The Morgan fingerprint density at radius 1 is 1.21 bits per heavy atom. The number of rotatable bonds is 5. The molecular weight excluding hydrogens is 377 g/mol. The molecule has 24 heavy (non-hydrogen) atoms. The number of carbonyl (C=O) groups excluding carboxylic acids is 1. The van der Waals surface area contributed by atoms with Crippen molar-refractivity contribution in [2.24, 2.45) is 0 Å². The molecule has 5 nitrogen and oxygen atoms in total. The Labute approximate surface area is 146 Å². The highest BCUT2D eigenvalue weighted by Gasteiger charge is 2.12. The molecule has 3 aromatic rings. The van der Waals surface area contributed by atoms with E-state index in [0.29, 0.717) is 29.4 Å². The Morgan fingerprint density at radius 3 is 2.83 bits per heavy atom. The maximum Gasteiger partial charge on any atom is 0.227 e. The van der Waals surface area contributed by atoms with Gasteiger partial charge in [-0.05, 0) is 40.2 Å². The molecule has 1 aromatic heterocycles. The molecule has 0 radical (unpaired) electrons. The van der Waals surface area contributed by atoms with E-state index in [1.165, 1.54) is 12.1 Å². The summed E-state index contributed by atoms with van der Waals surface area (Å²) in [4.78, 5) is 16.2. The first kappa shape index (κ1) is 16.3. The summed E-state index contributed by atoms with van der Waals surface area (Å²) < 4.78 is 19.1. The van der Waals surface area contributed by atoms with Gasteiger partial charge in [0.25, 0.3) is 0 Å². The zero-order valence-corrected chi connectivity index (χ0v) is 14.1. The molecule has 0 aliphatic rings. The van der Waals surface area contributed by atoms with Crippen LogP contribution in [0.4, 0.5) is 10.1 Å². The maximum absolute atomic E-state index is 13.2. The summed E-state index contributed by atoms with van der Waals surface area (Å²) >= 11 is 3.37. The zero-order valence-electron chi connectivity index (χ0n) is 12.5. The molecule has 3 rings (SSSR count). The second-order valence-corrected chi connectivity index (χ2v) is 5.90. The largest absolute Gasteiger partial charge is 0.339 e. The van der Waals surface area contributed by atoms with Crippen LogP contribution in [-0.4, -0.2) is 16.0 Å². The number of hydrogen-bond donors (Lipinski definition) is 1. The van der Waals surface area contributed by atoms with Gasteiger partial charge in [-0.1, -0.05) is 29.4 Å². The highest BCUT2D eigenvalue weighted by atomic mass is 79.9. The van der Waals surface area contributed by atoms with Crippen molar-refractivity contribution in [3.63, 3.8) is 0 Å². The van der Waals surface area contributed by atoms with Gasteiger partial charge in [0.15, 0.2) is 0 Å². The lowest BCUT2D eigenvalue weighted by atomic mass is 10.2. The third kappa shape index (κ3) is 4.05. The molecule has 0 saturated carbocycles. The van der Waals surface area contributed by atoms with Crippen LogP contribution in [0.1, 0.15) is 12.3 Å². The third-order valence-electron chi connectivity index (χ3n) is 3.26. The highest BCUT2D eigenvalue weighted by Crippen LogP contribution is 2.21. The van der Waals surface area contributed by atoms with Crippen LogP contribution in [-0.2, 0) is 11.2 Å². The van der Waals surface area contributed by atoms with Gasteiger partial charge in [0, 0.05) is 22.9 Å². The first-order chi connectivity index (χ1) is 11.6. The Balaban J connectivity index is 1.59. The number of aryl methyl sites for hydroxylation is 1. The molecule has 0 fully saturated rings. The SMILES string of the molecule is O=C(CCc1nc(-c2cccc(F)c2)no1)Nc1ccccc1Br. The number of nitrogens with zero attached hydrogens (tertiary/aromatic N) is 2. The number of nitrogens with one attached hydrogen (secondary N) is 1. The monoisotopic (exact) mass is 389 g/mol. The second kappa shape index (κ2) is 7.35. The first-order valence-corrected chi connectivity index (χ1v) is 8.04. The van der Waals surface area contributed by atoms with Crippen LogP contribution in [0, 0.1) is 5.82 Å². The maximum atomic E-state index is 13.2. The summed E-state index contributed by atoms with van der Waals surface area (Å²) in [6, 6.07) is 13.3. The number of halogens is 2. The van der Waals surface area contributed by atoms with E-state index in [1.807, 2.05) is 18.2 Å². The van der Waals surface area contributed by atoms with E-state index in [4.69, 9.17) is 4.52 Å². The van der Waals surface area contributed by atoms with Crippen molar-refractivity contribution in [2.75, 3.05) is 5.32 Å². The topological polar surface area (TPSA) is 68.0 Å². The molecule has 1 amide bonds. The van der Waals surface area contributed by atoms with Crippen molar-refractivity contribution >= 4 is 27.5 Å². The molecular formula is C17H13BrFN3O2. The summed E-state index contributed by atoms with van der Waals surface area (Å²) in [7, 11) is 0. The minimum atomic E-state index is -0.369. The van der Waals surface area contributed by atoms with Crippen LogP contribution in [0.3, 0.4) is 0 Å². The van der Waals surface area contributed by atoms with Crippen LogP contribution < -0.4 is 5.32 Å². The van der Waals surface area contributed by atoms with Crippen LogP contribution in [0.5, 0.6) is 0 Å². The van der Waals surface area contributed by atoms with Crippen molar-refractivity contribution in [2.45, 2.75) is 12.8 Å². The number of anilines is 1. The standard InChI is InChI=1S/C17H13BrFN3O2/c18-13-6-1-2-7-14(13)20-15(23)8-9-16-21-17(22-24-16)11-4-3-5-12(19)10-11/h1-7,10H,8-9H2,(H,20,23). The lowest BCUT2D eigenvalue weighted by Gasteiger charge is -2.05. The third-order valence-corrected chi connectivity index (χ3v) is 3.96. The van der Waals surface area contributed by atoms with E-state index >= 15 is 0 Å². The molecule has 2 aromatic carbocycles. The zero-order chi connectivity index (χ0) is 16.9. The molecule has 1 heterocycles.